The lowest BCUT2D eigenvalue weighted by Crippen LogP contribution is -2.28. The van der Waals surface area contributed by atoms with E-state index in [0.717, 1.165) is 23.8 Å². The van der Waals surface area contributed by atoms with Gasteiger partial charge in [-0.25, -0.2) is 24.1 Å². The third-order valence-electron chi connectivity index (χ3n) is 5.07. The Kier molecular flexibility index (Phi) is 9.30. The summed E-state index contributed by atoms with van der Waals surface area (Å²) >= 11 is 0. The molecule has 2 aromatic carbocycles. The summed E-state index contributed by atoms with van der Waals surface area (Å²) in [5.74, 6) is -2.02. The van der Waals surface area contributed by atoms with Gasteiger partial charge in [0.15, 0.2) is 0 Å². The normalized spacial score (nSPS) is 10.4. The largest absolute Gasteiger partial charge is 0.355 e. The van der Waals surface area contributed by atoms with Crippen molar-refractivity contribution in [3.05, 3.63) is 77.5 Å². The van der Waals surface area contributed by atoms with Crippen LogP contribution in [0.3, 0.4) is 0 Å². The van der Waals surface area contributed by atoms with E-state index in [4.69, 9.17) is 10.9 Å². The molecule has 12 heteroatoms. The Hall–Kier alpha value is -4.74. The standard InChI is InChI=1S/C25H26F2N8O2/c1-2-30-25(37)35-23-12-22(33-20-10-16(26)9-17(27)11-20)21(14-31-23)24(36)34-19-7-4-15(5-8-19)3-6-18(28)13-32-29/h4-5,7-12,14,28-29H,2-3,6,13H2,1H3,(H,34,36)(H3,30,31,33,35,37). The molecule has 0 aliphatic heterocycles. The zero-order chi connectivity index (χ0) is 26.8. The van der Waals surface area contributed by atoms with Crippen molar-refractivity contribution in [3.8, 4) is 0 Å². The van der Waals surface area contributed by atoms with E-state index in [2.05, 4.69) is 31.4 Å². The highest BCUT2D eigenvalue weighted by Crippen LogP contribution is 2.26. The van der Waals surface area contributed by atoms with E-state index in [-0.39, 0.29) is 29.3 Å². The van der Waals surface area contributed by atoms with Crippen LogP contribution >= 0.6 is 0 Å². The van der Waals surface area contributed by atoms with Crippen LogP contribution in [0, 0.1) is 22.6 Å². The lowest BCUT2D eigenvalue weighted by molar-refractivity contribution is 0.102. The smallest absolute Gasteiger partial charge is 0.320 e. The zero-order valence-corrected chi connectivity index (χ0v) is 20.0. The second kappa shape index (κ2) is 12.8. The van der Waals surface area contributed by atoms with E-state index in [1.165, 1.54) is 12.3 Å². The van der Waals surface area contributed by atoms with Crippen molar-refractivity contribution >= 4 is 40.5 Å². The number of pyridine rings is 1. The summed E-state index contributed by atoms with van der Waals surface area (Å²) in [7, 11) is 0. The van der Waals surface area contributed by atoms with Crippen LogP contribution in [0.15, 0.2) is 59.8 Å². The highest BCUT2D eigenvalue weighted by atomic mass is 19.1. The molecule has 0 saturated carbocycles. The molecule has 192 valence electrons. The van der Waals surface area contributed by atoms with Gasteiger partial charge in [-0.3, -0.25) is 10.1 Å². The fourth-order valence-electron chi connectivity index (χ4n) is 3.33. The summed E-state index contributed by atoms with van der Waals surface area (Å²) in [6.45, 7) is 2.22. The molecule has 0 unspecified atom stereocenters. The summed E-state index contributed by atoms with van der Waals surface area (Å²) < 4.78 is 27.4. The van der Waals surface area contributed by atoms with Crippen molar-refractivity contribution in [1.82, 2.24) is 10.3 Å². The number of nitrogens with zero attached hydrogens (tertiary/aromatic N) is 2. The number of aromatic nitrogens is 1. The van der Waals surface area contributed by atoms with Gasteiger partial charge >= 0.3 is 6.03 Å². The first-order valence-corrected chi connectivity index (χ1v) is 11.3. The van der Waals surface area contributed by atoms with Gasteiger partial charge in [0.1, 0.15) is 17.5 Å². The maximum Gasteiger partial charge on any atom is 0.320 e. The van der Waals surface area contributed by atoms with E-state index in [1.54, 1.807) is 19.1 Å². The Morgan fingerprint density at radius 1 is 1.00 bits per heavy atom. The monoisotopic (exact) mass is 508 g/mol. The van der Waals surface area contributed by atoms with E-state index in [9.17, 15) is 18.4 Å². The van der Waals surface area contributed by atoms with Crippen LogP contribution in [0.2, 0.25) is 0 Å². The Bertz CT molecular complexity index is 1280. The van der Waals surface area contributed by atoms with Gasteiger partial charge in [-0.05, 0) is 49.6 Å². The number of aryl methyl sites for hydroxylation is 1. The number of halogens is 2. The van der Waals surface area contributed by atoms with Crippen molar-refractivity contribution < 1.29 is 18.4 Å². The third-order valence-corrected chi connectivity index (χ3v) is 5.07. The second-order valence-corrected chi connectivity index (χ2v) is 7.95. The minimum atomic E-state index is -0.799. The average molecular weight is 509 g/mol. The predicted octanol–water partition coefficient (Wildman–Crippen LogP) is 5.48. The van der Waals surface area contributed by atoms with Gasteiger partial charge in [0.2, 0.25) is 0 Å². The maximum atomic E-state index is 13.7. The molecule has 3 amide bonds. The first-order chi connectivity index (χ1) is 17.8. The van der Waals surface area contributed by atoms with Crippen LogP contribution in [0.25, 0.3) is 0 Å². The highest BCUT2D eigenvalue weighted by Gasteiger charge is 2.16. The van der Waals surface area contributed by atoms with Crippen LogP contribution in [0.1, 0.15) is 29.3 Å². The molecular weight excluding hydrogens is 482 g/mol. The van der Waals surface area contributed by atoms with Gasteiger partial charge in [0.25, 0.3) is 5.91 Å². The number of carbonyl (C=O) groups is 2. The average Bonchev–Trinajstić information content (AvgIpc) is 2.83. The van der Waals surface area contributed by atoms with Gasteiger partial charge < -0.3 is 21.4 Å². The number of nitrogens with one attached hydrogen (secondary N) is 6. The predicted molar refractivity (Wildman–Crippen MR) is 137 cm³/mol. The number of carbonyl (C=O) groups excluding carboxylic acids is 2. The lowest BCUT2D eigenvalue weighted by atomic mass is 10.1. The van der Waals surface area contributed by atoms with Gasteiger partial charge in [-0.2, -0.15) is 5.11 Å². The first kappa shape index (κ1) is 26.9. The third kappa shape index (κ3) is 8.16. The Morgan fingerprint density at radius 3 is 2.35 bits per heavy atom. The van der Waals surface area contributed by atoms with Gasteiger partial charge in [0.05, 0.1) is 17.8 Å². The Morgan fingerprint density at radius 2 is 1.70 bits per heavy atom. The van der Waals surface area contributed by atoms with Crippen LogP contribution in [0.4, 0.5) is 36.5 Å². The molecule has 0 aliphatic rings. The van der Waals surface area contributed by atoms with Crippen molar-refractivity contribution in [2.45, 2.75) is 19.8 Å². The van der Waals surface area contributed by atoms with Crippen LogP contribution < -0.4 is 21.3 Å². The van der Waals surface area contributed by atoms with Crippen LogP contribution in [-0.2, 0) is 6.42 Å². The Labute approximate surface area is 211 Å². The summed E-state index contributed by atoms with van der Waals surface area (Å²) in [6.07, 6.45) is 2.32. The molecule has 0 fully saturated rings. The molecule has 1 aromatic heterocycles. The minimum Gasteiger partial charge on any atom is -0.355 e. The second-order valence-electron chi connectivity index (χ2n) is 7.95. The van der Waals surface area contributed by atoms with Gasteiger partial charge in [-0.1, -0.05) is 12.1 Å². The van der Waals surface area contributed by atoms with Crippen molar-refractivity contribution in [3.63, 3.8) is 0 Å². The Balaban J connectivity index is 1.80. The molecule has 1 heterocycles. The van der Waals surface area contributed by atoms with Crippen LogP contribution in [-0.4, -0.2) is 35.7 Å². The van der Waals surface area contributed by atoms with E-state index in [0.29, 0.717) is 30.8 Å². The van der Waals surface area contributed by atoms with Crippen molar-refractivity contribution in [2.75, 3.05) is 29.0 Å². The SMILES string of the molecule is CCNC(=O)Nc1cc(Nc2cc(F)cc(F)c2)c(C(=O)Nc2ccc(CCC(=N)CN=N)cc2)cn1. The molecule has 6 N–H and O–H groups in total. The van der Waals surface area contributed by atoms with Crippen molar-refractivity contribution in [2.24, 2.45) is 5.11 Å². The topological polar surface area (TPSA) is 155 Å². The fraction of sp³-hybridized carbons (Fsp3) is 0.200. The lowest BCUT2D eigenvalue weighted by Gasteiger charge is -2.15. The number of hydrogen-bond acceptors (Lipinski definition) is 7. The van der Waals surface area contributed by atoms with E-state index >= 15 is 0 Å². The summed E-state index contributed by atoms with van der Waals surface area (Å²) in [5, 5.41) is 21.6. The molecule has 37 heavy (non-hydrogen) atoms. The number of amides is 3. The quantitative estimate of drug-likeness (QED) is 0.150. The fourth-order valence-corrected chi connectivity index (χ4v) is 3.33. The molecule has 0 aliphatic carbocycles. The molecule has 3 aromatic rings. The number of anilines is 4. The zero-order valence-electron chi connectivity index (χ0n) is 20.0. The molecule has 0 radical (unpaired) electrons. The molecule has 0 bridgehead atoms. The van der Waals surface area contributed by atoms with E-state index < -0.39 is 23.6 Å². The summed E-state index contributed by atoms with van der Waals surface area (Å²) in [5.41, 5.74) is 8.93. The van der Waals surface area contributed by atoms with Gasteiger partial charge in [0, 0.05) is 42.0 Å². The summed E-state index contributed by atoms with van der Waals surface area (Å²) in [4.78, 5) is 29.1. The molecule has 3 rings (SSSR count). The maximum absolute atomic E-state index is 13.7. The molecular formula is C25H26F2N8O2. The van der Waals surface area contributed by atoms with Crippen LogP contribution in [0.5, 0.6) is 0 Å². The van der Waals surface area contributed by atoms with Crippen molar-refractivity contribution in [1.29, 1.82) is 10.9 Å². The first-order valence-electron chi connectivity index (χ1n) is 11.3. The molecule has 0 atom stereocenters. The number of benzene rings is 2. The summed E-state index contributed by atoms with van der Waals surface area (Å²) in [6, 6.07) is 10.8. The number of urea groups is 1. The molecule has 0 saturated heterocycles. The van der Waals surface area contributed by atoms with E-state index in [1.807, 2.05) is 12.1 Å². The molecule has 10 nitrogen and oxygen atoms in total. The number of hydrogen-bond donors (Lipinski definition) is 6. The van der Waals surface area contributed by atoms with Gasteiger partial charge in [-0.15, -0.1) is 0 Å². The molecule has 0 spiro atoms. The minimum absolute atomic E-state index is 0.0647. The highest BCUT2D eigenvalue weighted by molar-refractivity contribution is 6.08. The number of rotatable bonds is 11.